The van der Waals surface area contributed by atoms with Crippen molar-refractivity contribution in [3.05, 3.63) is 134 Å². The van der Waals surface area contributed by atoms with Gasteiger partial charge in [-0.15, -0.1) is 0 Å². The average Bonchev–Trinajstić information content (AvgIpc) is 3.45. The van der Waals surface area contributed by atoms with Gasteiger partial charge in [0.05, 0.1) is 0 Å². The minimum absolute atomic E-state index is 0.0968. The summed E-state index contributed by atoms with van der Waals surface area (Å²) in [6.45, 7) is 6.46. The van der Waals surface area contributed by atoms with E-state index in [1.807, 2.05) is 0 Å². The van der Waals surface area contributed by atoms with Crippen LogP contribution in [0.4, 0.5) is 0 Å². The number of carbonyl (C=O) groups excluding carboxylic acids is 3. The number of esters is 3. The first-order valence-electron chi connectivity index (χ1n) is 32.7. The summed E-state index contributed by atoms with van der Waals surface area (Å²) >= 11 is 0. The summed E-state index contributed by atoms with van der Waals surface area (Å²) in [5, 5.41) is 0. The Bertz CT molecular complexity index is 1680. The number of ether oxygens (including phenoxy) is 3. The fourth-order valence-electron chi connectivity index (χ4n) is 8.75. The molecular formula is C73H120O6. The normalized spacial score (nSPS) is 13.0. The molecule has 0 aromatic heterocycles. The van der Waals surface area contributed by atoms with Crippen LogP contribution < -0.4 is 0 Å². The minimum Gasteiger partial charge on any atom is -0.462 e. The van der Waals surface area contributed by atoms with E-state index in [9.17, 15) is 14.4 Å². The van der Waals surface area contributed by atoms with Crippen molar-refractivity contribution in [1.29, 1.82) is 0 Å². The van der Waals surface area contributed by atoms with Crippen LogP contribution in [0.2, 0.25) is 0 Å². The zero-order valence-corrected chi connectivity index (χ0v) is 51.3. The standard InChI is InChI=1S/C73H120O6/c1-4-7-10-13-16-19-22-24-26-28-29-30-31-32-33-34-35-36-37-38-39-40-41-42-43-45-46-48-51-54-57-60-63-66-72(75)78-69-70(68-77-71(74)65-62-59-56-53-50-21-18-15-12-9-6-3)79-73(76)67-64-61-58-55-52-49-47-44-27-25-23-20-17-14-11-8-5-2/h7,10,15-16,18-19,24,26,29-30,32-33,35-36,38-39,41-42,45-46,51,54,70H,4-6,8-9,11-14,17,20-23,25,27-28,31,34,37,40,43-44,47-50,52-53,55-69H2,1-3H3/b10-7-,18-15-,19-16-,26-24-,30-29-,33-32-,36-35-,39-38-,42-41-,46-45-,54-51-. The molecule has 0 aliphatic heterocycles. The minimum atomic E-state index is -0.801. The molecule has 0 spiro atoms. The molecule has 6 heteroatoms. The number of unbranched alkanes of at least 4 members (excludes halogenated alkanes) is 25. The van der Waals surface area contributed by atoms with Crippen molar-refractivity contribution in [2.45, 2.75) is 297 Å². The number of hydrogen-bond acceptors (Lipinski definition) is 6. The molecule has 6 nitrogen and oxygen atoms in total. The van der Waals surface area contributed by atoms with Crippen LogP contribution in [0.1, 0.15) is 290 Å². The molecule has 0 radical (unpaired) electrons. The highest BCUT2D eigenvalue weighted by Gasteiger charge is 2.19. The maximum atomic E-state index is 12.9. The van der Waals surface area contributed by atoms with Crippen LogP contribution in [0.3, 0.4) is 0 Å². The molecule has 1 atom stereocenters. The lowest BCUT2D eigenvalue weighted by atomic mass is 10.0. The second kappa shape index (κ2) is 66.1. The Morgan fingerprint density at radius 3 is 0.848 bits per heavy atom. The van der Waals surface area contributed by atoms with Crippen LogP contribution in [0.15, 0.2) is 134 Å². The summed E-state index contributed by atoms with van der Waals surface area (Å²) in [5.41, 5.74) is 0. The third-order valence-corrected chi connectivity index (χ3v) is 13.6. The zero-order valence-electron chi connectivity index (χ0n) is 51.3. The molecule has 1 unspecified atom stereocenters. The SMILES string of the molecule is CC/C=C\C/C=C\C/C=C\C/C=C\C/C=C\C/C=C\C/C=C\C/C=C\C/C=C\C/C=C\CCCCC(=O)OCC(COC(=O)CCCCCCC/C=C\CCCC)OC(=O)CCCCCCCCCCCCCCCCCCC. The number of hydrogen-bond donors (Lipinski definition) is 0. The Hall–Kier alpha value is -4.45. The summed E-state index contributed by atoms with van der Waals surface area (Å²) in [4.78, 5) is 38.2. The van der Waals surface area contributed by atoms with Gasteiger partial charge in [0.25, 0.3) is 0 Å². The zero-order chi connectivity index (χ0) is 57.1. The first kappa shape index (κ1) is 74.5. The van der Waals surface area contributed by atoms with E-state index < -0.39 is 6.10 Å². The number of rotatable bonds is 58. The largest absolute Gasteiger partial charge is 0.462 e. The quantitative estimate of drug-likeness (QED) is 0.0261. The maximum absolute atomic E-state index is 12.9. The van der Waals surface area contributed by atoms with Crippen molar-refractivity contribution >= 4 is 17.9 Å². The highest BCUT2D eigenvalue weighted by Crippen LogP contribution is 2.16. The lowest BCUT2D eigenvalue weighted by molar-refractivity contribution is -0.167. The predicted octanol–water partition coefficient (Wildman–Crippen LogP) is 22.5. The maximum Gasteiger partial charge on any atom is 0.306 e. The van der Waals surface area contributed by atoms with Gasteiger partial charge in [0.1, 0.15) is 13.2 Å². The molecule has 0 aliphatic carbocycles. The van der Waals surface area contributed by atoms with Crippen LogP contribution in [0.5, 0.6) is 0 Å². The monoisotopic (exact) mass is 1090 g/mol. The number of carbonyl (C=O) groups is 3. The van der Waals surface area contributed by atoms with E-state index in [0.29, 0.717) is 25.7 Å². The highest BCUT2D eigenvalue weighted by atomic mass is 16.6. The topological polar surface area (TPSA) is 78.9 Å². The molecule has 0 aromatic carbocycles. The van der Waals surface area contributed by atoms with Gasteiger partial charge in [-0.05, 0) is 116 Å². The molecule has 0 N–H and O–H groups in total. The van der Waals surface area contributed by atoms with Gasteiger partial charge in [-0.3, -0.25) is 14.4 Å². The molecule has 0 aliphatic rings. The van der Waals surface area contributed by atoms with Gasteiger partial charge in [-0.2, -0.15) is 0 Å². The molecule has 0 saturated heterocycles. The molecular weight excluding hydrogens is 973 g/mol. The van der Waals surface area contributed by atoms with Gasteiger partial charge >= 0.3 is 17.9 Å². The van der Waals surface area contributed by atoms with Crippen molar-refractivity contribution in [3.63, 3.8) is 0 Å². The molecule has 79 heavy (non-hydrogen) atoms. The Labute approximate surface area is 487 Å². The number of allylic oxidation sites excluding steroid dienone is 22. The van der Waals surface area contributed by atoms with Crippen molar-refractivity contribution in [2.75, 3.05) is 13.2 Å². The van der Waals surface area contributed by atoms with Gasteiger partial charge < -0.3 is 14.2 Å². The summed E-state index contributed by atoms with van der Waals surface area (Å²) in [5.74, 6) is -0.947. The lowest BCUT2D eigenvalue weighted by Crippen LogP contribution is -2.30. The molecule has 0 rings (SSSR count). The first-order valence-corrected chi connectivity index (χ1v) is 32.7. The smallest absolute Gasteiger partial charge is 0.306 e. The summed E-state index contributed by atoms with van der Waals surface area (Å²) in [7, 11) is 0. The average molecular weight is 1090 g/mol. The van der Waals surface area contributed by atoms with Gasteiger partial charge in [-0.1, -0.05) is 289 Å². The van der Waals surface area contributed by atoms with E-state index >= 15 is 0 Å². The fraction of sp³-hybridized carbons (Fsp3) is 0.658. The Morgan fingerprint density at radius 1 is 0.266 bits per heavy atom. The van der Waals surface area contributed by atoms with Gasteiger partial charge in [0.2, 0.25) is 0 Å². The molecule has 0 amide bonds. The van der Waals surface area contributed by atoms with Crippen molar-refractivity contribution in [2.24, 2.45) is 0 Å². The van der Waals surface area contributed by atoms with E-state index in [-0.39, 0.29) is 31.1 Å². The van der Waals surface area contributed by atoms with Crippen LogP contribution in [-0.4, -0.2) is 37.2 Å². The van der Waals surface area contributed by atoms with Gasteiger partial charge in [0, 0.05) is 19.3 Å². The van der Waals surface area contributed by atoms with E-state index in [1.54, 1.807) is 0 Å². The molecule has 0 bridgehead atoms. The predicted molar refractivity (Wildman–Crippen MR) is 343 cm³/mol. The van der Waals surface area contributed by atoms with Crippen molar-refractivity contribution < 1.29 is 28.6 Å². The highest BCUT2D eigenvalue weighted by molar-refractivity contribution is 5.71. The summed E-state index contributed by atoms with van der Waals surface area (Å²) in [6, 6.07) is 0. The van der Waals surface area contributed by atoms with Crippen molar-refractivity contribution in [3.8, 4) is 0 Å². The molecule has 0 fully saturated rings. The summed E-state index contributed by atoms with van der Waals surface area (Å²) < 4.78 is 16.8. The second-order valence-corrected chi connectivity index (χ2v) is 21.3. The van der Waals surface area contributed by atoms with Crippen LogP contribution in [0.25, 0.3) is 0 Å². The molecule has 448 valence electrons. The fourth-order valence-corrected chi connectivity index (χ4v) is 8.75. The van der Waals surface area contributed by atoms with Crippen LogP contribution >= 0.6 is 0 Å². The van der Waals surface area contributed by atoms with Crippen LogP contribution in [0, 0.1) is 0 Å². The van der Waals surface area contributed by atoms with Crippen molar-refractivity contribution in [1.82, 2.24) is 0 Å². The van der Waals surface area contributed by atoms with E-state index in [2.05, 4.69) is 154 Å². The van der Waals surface area contributed by atoms with E-state index in [0.717, 1.165) is 128 Å². The molecule has 0 heterocycles. The lowest BCUT2D eigenvalue weighted by Gasteiger charge is -2.18. The van der Waals surface area contributed by atoms with Crippen LogP contribution in [-0.2, 0) is 28.6 Å². The Morgan fingerprint density at radius 2 is 0.506 bits per heavy atom. The Balaban J connectivity index is 4.34. The van der Waals surface area contributed by atoms with Gasteiger partial charge in [-0.25, -0.2) is 0 Å². The van der Waals surface area contributed by atoms with E-state index in [1.165, 1.54) is 116 Å². The van der Waals surface area contributed by atoms with E-state index in [4.69, 9.17) is 14.2 Å². The second-order valence-electron chi connectivity index (χ2n) is 21.3. The first-order chi connectivity index (χ1) is 39.0. The third kappa shape index (κ3) is 64.3. The van der Waals surface area contributed by atoms with Gasteiger partial charge in [0.15, 0.2) is 6.10 Å². The molecule has 0 aromatic rings. The Kier molecular flexibility index (Phi) is 62.3. The molecule has 0 saturated carbocycles. The third-order valence-electron chi connectivity index (χ3n) is 13.6. The summed E-state index contributed by atoms with van der Waals surface area (Å²) in [6.07, 6.45) is 93.3.